The first kappa shape index (κ1) is 9.21. The second-order valence-corrected chi connectivity index (χ2v) is 4.49. The lowest BCUT2D eigenvalue weighted by Crippen LogP contribution is -2.29. The number of hydrogen-bond acceptors (Lipinski definition) is 2. The zero-order chi connectivity index (χ0) is 9.10. The largest absolute Gasteiger partial charge is 0.317 e. The summed E-state index contributed by atoms with van der Waals surface area (Å²) in [5.41, 5.74) is 0. The third-order valence-corrected chi connectivity index (χ3v) is 2.92. The van der Waals surface area contributed by atoms with Gasteiger partial charge in [-0.3, -0.25) is 4.68 Å². The summed E-state index contributed by atoms with van der Waals surface area (Å²) in [6, 6.07) is 0. The maximum Gasteiger partial charge on any atom is 0.0632 e. The van der Waals surface area contributed by atoms with Crippen LogP contribution in [0.5, 0.6) is 0 Å². The van der Waals surface area contributed by atoms with E-state index in [1.54, 1.807) is 0 Å². The zero-order valence-electron chi connectivity index (χ0n) is 7.54. The number of rotatable bonds is 2. The van der Waals surface area contributed by atoms with Crippen LogP contribution >= 0.6 is 15.9 Å². The molecule has 0 spiro atoms. The third kappa shape index (κ3) is 2.54. The molecule has 1 N–H and O–H groups in total. The van der Waals surface area contributed by atoms with Gasteiger partial charge in [-0.15, -0.1) is 0 Å². The Balaban J connectivity index is 1.89. The molecule has 0 saturated carbocycles. The molecule has 0 unspecified atom stereocenters. The van der Waals surface area contributed by atoms with Gasteiger partial charge in [-0.05, 0) is 47.8 Å². The van der Waals surface area contributed by atoms with Crippen molar-refractivity contribution in [1.29, 1.82) is 0 Å². The Hall–Kier alpha value is -0.350. The molecule has 2 rings (SSSR count). The first-order valence-corrected chi connectivity index (χ1v) is 5.52. The lowest BCUT2D eigenvalue weighted by molar-refractivity contribution is 0.321. The number of aromatic nitrogens is 2. The first-order chi connectivity index (χ1) is 6.34. The molecule has 1 aromatic heterocycles. The molecular formula is C9H14BrN3. The predicted molar refractivity (Wildman–Crippen MR) is 55.5 cm³/mol. The van der Waals surface area contributed by atoms with Gasteiger partial charge in [-0.2, -0.15) is 5.10 Å². The van der Waals surface area contributed by atoms with E-state index < -0.39 is 0 Å². The molecule has 1 fully saturated rings. The van der Waals surface area contributed by atoms with Crippen LogP contribution in [-0.2, 0) is 6.54 Å². The Kier molecular flexibility index (Phi) is 3.01. The molecule has 4 heteroatoms. The van der Waals surface area contributed by atoms with Crippen molar-refractivity contribution >= 4 is 15.9 Å². The van der Waals surface area contributed by atoms with Gasteiger partial charge in [0, 0.05) is 12.7 Å². The van der Waals surface area contributed by atoms with E-state index in [1.165, 1.54) is 12.8 Å². The van der Waals surface area contributed by atoms with Gasteiger partial charge in [0.2, 0.25) is 0 Å². The molecule has 13 heavy (non-hydrogen) atoms. The first-order valence-electron chi connectivity index (χ1n) is 4.73. The normalized spacial score (nSPS) is 19.2. The highest BCUT2D eigenvalue weighted by Gasteiger charge is 2.13. The van der Waals surface area contributed by atoms with Crippen LogP contribution in [0.3, 0.4) is 0 Å². The Morgan fingerprint density at radius 1 is 1.54 bits per heavy atom. The number of piperidine rings is 1. The number of nitrogens with one attached hydrogen (secondary N) is 1. The Bertz CT molecular complexity index is 266. The van der Waals surface area contributed by atoms with E-state index in [2.05, 4.69) is 26.3 Å². The Labute approximate surface area is 86.6 Å². The fourth-order valence-corrected chi connectivity index (χ4v) is 2.09. The van der Waals surface area contributed by atoms with E-state index in [9.17, 15) is 0 Å². The zero-order valence-corrected chi connectivity index (χ0v) is 9.13. The van der Waals surface area contributed by atoms with Crippen LogP contribution in [-0.4, -0.2) is 22.9 Å². The molecule has 0 aliphatic carbocycles. The summed E-state index contributed by atoms with van der Waals surface area (Å²) < 4.78 is 3.10. The van der Waals surface area contributed by atoms with Gasteiger partial charge in [-0.1, -0.05) is 0 Å². The summed E-state index contributed by atoms with van der Waals surface area (Å²) in [6.45, 7) is 3.38. The smallest absolute Gasteiger partial charge is 0.0632 e. The maximum absolute atomic E-state index is 4.26. The molecule has 72 valence electrons. The minimum Gasteiger partial charge on any atom is -0.317 e. The summed E-state index contributed by atoms with van der Waals surface area (Å²) in [7, 11) is 0. The number of halogens is 1. The van der Waals surface area contributed by atoms with Gasteiger partial charge >= 0.3 is 0 Å². The fraction of sp³-hybridized carbons (Fsp3) is 0.667. The Morgan fingerprint density at radius 2 is 2.31 bits per heavy atom. The van der Waals surface area contributed by atoms with Crippen molar-refractivity contribution in [3.05, 3.63) is 16.9 Å². The monoisotopic (exact) mass is 243 g/mol. The number of nitrogens with zero attached hydrogens (tertiary/aromatic N) is 2. The van der Waals surface area contributed by atoms with Gasteiger partial charge in [0.15, 0.2) is 0 Å². The highest BCUT2D eigenvalue weighted by Crippen LogP contribution is 2.15. The van der Waals surface area contributed by atoms with Crippen molar-refractivity contribution in [3.8, 4) is 0 Å². The Morgan fingerprint density at radius 3 is 2.92 bits per heavy atom. The SMILES string of the molecule is Brc1cnn(CC2CCNCC2)c1. The van der Waals surface area contributed by atoms with E-state index in [0.717, 1.165) is 30.0 Å². The third-order valence-electron chi connectivity index (χ3n) is 2.51. The molecule has 3 nitrogen and oxygen atoms in total. The van der Waals surface area contributed by atoms with Gasteiger partial charge in [0.25, 0.3) is 0 Å². The minimum atomic E-state index is 0.799. The molecule has 1 aliphatic rings. The van der Waals surface area contributed by atoms with Crippen molar-refractivity contribution in [1.82, 2.24) is 15.1 Å². The van der Waals surface area contributed by atoms with Crippen LogP contribution in [0, 0.1) is 5.92 Å². The van der Waals surface area contributed by atoms with Crippen LogP contribution in [0.15, 0.2) is 16.9 Å². The predicted octanol–water partition coefficient (Wildman–Crippen LogP) is 1.65. The van der Waals surface area contributed by atoms with Crippen LogP contribution in [0.1, 0.15) is 12.8 Å². The molecule has 0 bridgehead atoms. The highest BCUT2D eigenvalue weighted by atomic mass is 79.9. The van der Waals surface area contributed by atoms with Crippen LogP contribution in [0.4, 0.5) is 0 Å². The van der Waals surface area contributed by atoms with Gasteiger partial charge in [-0.25, -0.2) is 0 Å². The summed E-state index contributed by atoms with van der Waals surface area (Å²) in [4.78, 5) is 0. The molecule has 2 heterocycles. The molecule has 0 aromatic carbocycles. The highest BCUT2D eigenvalue weighted by molar-refractivity contribution is 9.10. The van der Waals surface area contributed by atoms with Crippen LogP contribution in [0.2, 0.25) is 0 Å². The van der Waals surface area contributed by atoms with Crippen molar-refractivity contribution in [2.75, 3.05) is 13.1 Å². The fourth-order valence-electron chi connectivity index (χ4n) is 1.77. The maximum atomic E-state index is 4.26. The van der Waals surface area contributed by atoms with Crippen LogP contribution in [0.25, 0.3) is 0 Å². The second-order valence-electron chi connectivity index (χ2n) is 3.57. The minimum absolute atomic E-state index is 0.799. The van der Waals surface area contributed by atoms with Crippen molar-refractivity contribution < 1.29 is 0 Å². The van der Waals surface area contributed by atoms with Gasteiger partial charge < -0.3 is 5.32 Å². The number of hydrogen-bond donors (Lipinski definition) is 1. The quantitative estimate of drug-likeness (QED) is 0.857. The molecular weight excluding hydrogens is 230 g/mol. The lowest BCUT2D eigenvalue weighted by Gasteiger charge is -2.22. The second kappa shape index (κ2) is 4.24. The molecule has 1 saturated heterocycles. The summed E-state index contributed by atoms with van der Waals surface area (Å²) in [5, 5.41) is 7.63. The molecule has 0 atom stereocenters. The van der Waals surface area contributed by atoms with E-state index in [4.69, 9.17) is 0 Å². The standard InChI is InChI=1S/C9H14BrN3/c10-9-5-12-13(7-9)6-8-1-3-11-4-2-8/h5,7-8,11H,1-4,6H2. The summed E-state index contributed by atoms with van der Waals surface area (Å²) >= 11 is 3.40. The summed E-state index contributed by atoms with van der Waals surface area (Å²) in [6.07, 6.45) is 6.44. The summed E-state index contributed by atoms with van der Waals surface area (Å²) in [5.74, 6) is 0.799. The van der Waals surface area contributed by atoms with E-state index >= 15 is 0 Å². The van der Waals surface area contributed by atoms with E-state index in [-0.39, 0.29) is 0 Å². The molecule has 1 aliphatic heterocycles. The molecule has 0 radical (unpaired) electrons. The average Bonchev–Trinajstić information content (AvgIpc) is 2.53. The van der Waals surface area contributed by atoms with Crippen molar-refractivity contribution in [2.45, 2.75) is 19.4 Å². The topological polar surface area (TPSA) is 29.9 Å². The van der Waals surface area contributed by atoms with Crippen LogP contribution < -0.4 is 5.32 Å². The van der Waals surface area contributed by atoms with Gasteiger partial charge in [0.1, 0.15) is 0 Å². The van der Waals surface area contributed by atoms with E-state index in [1.807, 2.05) is 17.1 Å². The molecule has 1 aromatic rings. The van der Waals surface area contributed by atoms with Crippen molar-refractivity contribution in [3.63, 3.8) is 0 Å². The average molecular weight is 244 g/mol. The van der Waals surface area contributed by atoms with E-state index in [0.29, 0.717) is 0 Å². The van der Waals surface area contributed by atoms with Gasteiger partial charge in [0.05, 0.1) is 10.7 Å². The lowest BCUT2D eigenvalue weighted by atomic mass is 9.98. The van der Waals surface area contributed by atoms with Crippen molar-refractivity contribution in [2.24, 2.45) is 5.92 Å². The molecule has 0 amide bonds.